The number of hydrogen-bond donors (Lipinski definition) is 1. The average molecular weight is 220 g/mol. The second-order valence-corrected chi connectivity index (χ2v) is 4.30. The molecule has 1 aromatic rings. The Morgan fingerprint density at radius 1 is 1.62 bits per heavy atom. The molecule has 16 heavy (non-hydrogen) atoms. The maximum atomic E-state index is 5.57. The Balaban J connectivity index is 2.09. The third-order valence-corrected chi connectivity index (χ3v) is 3.13. The Kier molecular flexibility index (Phi) is 4.31. The van der Waals surface area contributed by atoms with Gasteiger partial charge >= 0.3 is 0 Å². The van der Waals surface area contributed by atoms with Gasteiger partial charge in [0, 0.05) is 31.0 Å². The summed E-state index contributed by atoms with van der Waals surface area (Å²) in [7, 11) is 0. The van der Waals surface area contributed by atoms with E-state index in [1.807, 2.05) is 18.5 Å². The Morgan fingerprint density at radius 3 is 3.19 bits per heavy atom. The SMILES string of the molecule is CCNC(c1cccnc1)C1CCCOC1. The summed E-state index contributed by atoms with van der Waals surface area (Å²) >= 11 is 0. The topological polar surface area (TPSA) is 34.2 Å². The number of rotatable bonds is 4. The lowest BCUT2D eigenvalue weighted by Crippen LogP contribution is -2.33. The van der Waals surface area contributed by atoms with Crippen molar-refractivity contribution in [1.82, 2.24) is 10.3 Å². The summed E-state index contributed by atoms with van der Waals surface area (Å²) in [6.45, 7) is 4.91. The zero-order valence-corrected chi connectivity index (χ0v) is 9.86. The van der Waals surface area contributed by atoms with Gasteiger partial charge in [-0.25, -0.2) is 0 Å². The van der Waals surface area contributed by atoms with E-state index in [-0.39, 0.29) is 0 Å². The van der Waals surface area contributed by atoms with Crippen molar-refractivity contribution < 1.29 is 4.74 Å². The summed E-state index contributed by atoms with van der Waals surface area (Å²) < 4.78 is 5.57. The predicted molar refractivity (Wildman–Crippen MR) is 64.2 cm³/mol. The summed E-state index contributed by atoms with van der Waals surface area (Å²) in [6.07, 6.45) is 6.20. The lowest BCUT2D eigenvalue weighted by atomic mass is 9.89. The third kappa shape index (κ3) is 2.80. The first-order chi connectivity index (χ1) is 7.92. The van der Waals surface area contributed by atoms with E-state index >= 15 is 0 Å². The minimum Gasteiger partial charge on any atom is -0.381 e. The van der Waals surface area contributed by atoms with Gasteiger partial charge in [0.2, 0.25) is 0 Å². The standard InChI is InChI=1S/C13H20N2O/c1-2-15-13(11-5-3-7-14-9-11)12-6-4-8-16-10-12/h3,5,7,9,12-13,15H,2,4,6,8,10H2,1H3. The molecule has 0 radical (unpaired) electrons. The fourth-order valence-corrected chi connectivity index (χ4v) is 2.37. The van der Waals surface area contributed by atoms with Gasteiger partial charge in [-0.1, -0.05) is 13.0 Å². The molecule has 0 spiro atoms. The van der Waals surface area contributed by atoms with Crippen LogP contribution < -0.4 is 5.32 Å². The highest BCUT2D eigenvalue weighted by molar-refractivity contribution is 5.15. The molecule has 2 heterocycles. The Morgan fingerprint density at radius 2 is 2.56 bits per heavy atom. The molecule has 0 saturated carbocycles. The van der Waals surface area contributed by atoms with Crippen LogP contribution in [0.3, 0.4) is 0 Å². The third-order valence-electron chi connectivity index (χ3n) is 3.13. The van der Waals surface area contributed by atoms with E-state index in [9.17, 15) is 0 Å². The fraction of sp³-hybridized carbons (Fsp3) is 0.615. The molecule has 2 unspecified atom stereocenters. The zero-order valence-electron chi connectivity index (χ0n) is 9.86. The van der Waals surface area contributed by atoms with E-state index in [1.165, 1.54) is 18.4 Å². The van der Waals surface area contributed by atoms with Crippen molar-refractivity contribution in [3.8, 4) is 0 Å². The number of aromatic nitrogens is 1. The van der Waals surface area contributed by atoms with Crippen LogP contribution in [0.15, 0.2) is 24.5 Å². The van der Waals surface area contributed by atoms with Gasteiger partial charge in [0.25, 0.3) is 0 Å². The molecule has 3 heteroatoms. The summed E-state index contributed by atoms with van der Waals surface area (Å²) in [5.74, 6) is 0.581. The van der Waals surface area contributed by atoms with Crippen molar-refractivity contribution >= 4 is 0 Å². The molecule has 0 aliphatic carbocycles. The summed E-state index contributed by atoms with van der Waals surface area (Å²) in [4.78, 5) is 4.20. The highest BCUT2D eigenvalue weighted by Gasteiger charge is 2.24. The molecule has 1 aromatic heterocycles. The quantitative estimate of drug-likeness (QED) is 0.844. The molecule has 1 aliphatic heterocycles. The van der Waals surface area contributed by atoms with E-state index < -0.39 is 0 Å². The van der Waals surface area contributed by atoms with Gasteiger partial charge in [0.05, 0.1) is 6.61 Å². The van der Waals surface area contributed by atoms with Gasteiger partial charge in [0.15, 0.2) is 0 Å². The number of nitrogens with zero attached hydrogens (tertiary/aromatic N) is 1. The normalized spacial score (nSPS) is 22.9. The van der Waals surface area contributed by atoms with Crippen LogP contribution in [0.25, 0.3) is 0 Å². The van der Waals surface area contributed by atoms with Crippen LogP contribution in [0.2, 0.25) is 0 Å². The van der Waals surface area contributed by atoms with Crippen LogP contribution in [0.1, 0.15) is 31.4 Å². The number of nitrogens with one attached hydrogen (secondary N) is 1. The lowest BCUT2D eigenvalue weighted by Gasteiger charge is -2.30. The van der Waals surface area contributed by atoms with E-state index in [4.69, 9.17) is 4.74 Å². The molecule has 0 aromatic carbocycles. The minimum absolute atomic E-state index is 0.388. The first kappa shape index (κ1) is 11.6. The van der Waals surface area contributed by atoms with Crippen molar-refractivity contribution in [2.75, 3.05) is 19.8 Å². The van der Waals surface area contributed by atoms with Crippen molar-refractivity contribution in [2.24, 2.45) is 5.92 Å². The van der Waals surface area contributed by atoms with Crippen LogP contribution in [-0.4, -0.2) is 24.7 Å². The van der Waals surface area contributed by atoms with Crippen molar-refractivity contribution in [3.63, 3.8) is 0 Å². The Hall–Kier alpha value is -0.930. The van der Waals surface area contributed by atoms with Crippen LogP contribution in [0.4, 0.5) is 0 Å². The highest BCUT2D eigenvalue weighted by atomic mass is 16.5. The maximum Gasteiger partial charge on any atom is 0.0512 e. The summed E-state index contributed by atoms with van der Waals surface area (Å²) in [5, 5.41) is 3.55. The van der Waals surface area contributed by atoms with E-state index in [0.717, 1.165) is 19.8 Å². The zero-order chi connectivity index (χ0) is 11.2. The van der Waals surface area contributed by atoms with E-state index in [2.05, 4.69) is 23.3 Å². The van der Waals surface area contributed by atoms with Gasteiger partial charge in [-0.3, -0.25) is 4.98 Å². The molecule has 88 valence electrons. The van der Waals surface area contributed by atoms with Crippen LogP contribution in [0, 0.1) is 5.92 Å². The molecule has 1 aliphatic rings. The number of pyridine rings is 1. The van der Waals surface area contributed by atoms with Crippen molar-refractivity contribution in [2.45, 2.75) is 25.8 Å². The van der Waals surface area contributed by atoms with Gasteiger partial charge in [-0.2, -0.15) is 0 Å². The highest BCUT2D eigenvalue weighted by Crippen LogP contribution is 2.28. The molecule has 0 bridgehead atoms. The second-order valence-electron chi connectivity index (χ2n) is 4.30. The van der Waals surface area contributed by atoms with E-state index in [1.54, 1.807) is 0 Å². The largest absolute Gasteiger partial charge is 0.381 e. The van der Waals surface area contributed by atoms with Crippen LogP contribution in [0.5, 0.6) is 0 Å². The molecule has 2 atom stereocenters. The number of hydrogen-bond acceptors (Lipinski definition) is 3. The van der Waals surface area contributed by atoms with Crippen molar-refractivity contribution in [1.29, 1.82) is 0 Å². The molecule has 3 nitrogen and oxygen atoms in total. The molecular weight excluding hydrogens is 200 g/mol. The summed E-state index contributed by atoms with van der Waals surface area (Å²) in [6, 6.07) is 4.54. The molecule has 1 N–H and O–H groups in total. The van der Waals surface area contributed by atoms with Crippen LogP contribution >= 0.6 is 0 Å². The minimum atomic E-state index is 0.388. The first-order valence-electron chi connectivity index (χ1n) is 6.13. The maximum absolute atomic E-state index is 5.57. The Labute approximate surface area is 97.2 Å². The van der Waals surface area contributed by atoms with Gasteiger partial charge < -0.3 is 10.1 Å². The molecule has 1 fully saturated rings. The lowest BCUT2D eigenvalue weighted by molar-refractivity contribution is 0.0392. The monoisotopic (exact) mass is 220 g/mol. The molecule has 1 saturated heterocycles. The smallest absolute Gasteiger partial charge is 0.0512 e. The van der Waals surface area contributed by atoms with Gasteiger partial charge in [-0.15, -0.1) is 0 Å². The predicted octanol–water partition coefficient (Wildman–Crippen LogP) is 2.16. The first-order valence-corrected chi connectivity index (χ1v) is 6.13. The molecular formula is C13H20N2O. The van der Waals surface area contributed by atoms with Crippen molar-refractivity contribution in [3.05, 3.63) is 30.1 Å². The fourth-order valence-electron chi connectivity index (χ4n) is 2.37. The average Bonchev–Trinajstić information content (AvgIpc) is 2.38. The van der Waals surface area contributed by atoms with Gasteiger partial charge in [-0.05, 0) is 31.0 Å². The van der Waals surface area contributed by atoms with Gasteiger partial charge in [0.1, 0.15) is 0 Å². The van der Waals surface area contributed by atoms with Crippen LogP contribution in [-0.2, 0) is 4.74 Å². The second kappa shape index (κ2) is 5.97. The number of ether oxygens (including phenoxy) is 1. The Bertz CT molecular complexity index is 296. The molecule has 2 rings (SSSR count). The summed E-state index contributed by atoms with van der Waals surface area (Å²) in [5.41, 5.74) is 1.28. The van der Waals surface area contributed by atoms with E-state index in [0.29, 0.717) is 12.0 Å². The molecule has 0 amide bonds.